The Hall–Kier alpha value is -1.84. The lowest BCUT2D eigenvalue weighted by atomic mass is 9.55. The van der Waals surface area contributed by atoms with Crippen molar-refractivity contribution in [1.82, 2.24) is 0 Å². The predicted octanol–water partition coefficient (Wildman–Crippen LogP) is 3.60. The lowest BCUT2D eigenvalue weighted by Crippen LogP contribution is -2.44. The molecule has 1 aromatic carbocycles. The molecule has 3 aliphatic carbocycles. The summed E-state index contributed by atoms with van der Waals surface area (Å²) in [7, 11) is 0. The monoisotopic (exact) mass is 328 g/mol. The Kier molecular flexibility index (Phi) is 3.66. The number of aldehydes is 1. The third kappa shape index (κ3) is 2.11. The fourth-order valence-corrected chi connectivity index (χ4v) is 5.96. The number of rotatable bonds is 3. The first-order valence-electron chi connectivity index (χ1n) is 8.98. The van der Waals surface area contributed by atoms with Crippen LogP contribution in [0.2, 0.25) is 0 Å². The highest BCUT2D eigenvalue weighted by Gasteiger charge is 2.55. The Bertz CT molecular complexity index is 682. The topological polar surface area (TPSA) is 63.6 Å². The average molecular weight is 328 g/mol. The number of fused-ring (bicyclic) bond motifs is 5. The first-order valence-corrected chi connectivity index (χ1v) is 8.98. The SMILES string of the molecule is C[C@]12CC[C@@H]3c4cc(C=O)c(O)cc4CC[C@H]3[C@@H]1CC[C@@H]2OC=O. The van der Waals surface area contributed by atoms with Gasteiger partial charge in [-0.05, 0) is 79.5 Å². The molecule has 0 aliphatic heterocycles. The van der Waals surface area contributed by atoms with Crippen LogP contribution in [0.1, 0.15) is 66.4 Å². The van der Waals surface area contributed by atoms with Gasteiger partial charge in [0.15, 0.2) is 6.29 Å². The van der Waals surface area contributed by atoms with E-state index in [9.17, 15) is 14.7 Å². The van der Waals surface area contributed by atoms with Gasteiger partial charge in [-0.15, -0.1) is 0 Å². The maximum Gasteiger partial charge on any atom is 0.293 e. The summed E-state index contributed by atoms with van der Waals surface area (Å²) in [5, 5.41) is 9.97. The molecule has 1 aromatic rings. The van der Waals surface area contributed by atoms with Crippen LogP contribution in [-0.4, -0.2) is 24.0 Å². The molecule has 2 fully saturated rings. The molecule has 0 amide bonds. The molecule has 1 N–H and O–H groups in total. The number of benzene rings is 1. The molecular weight excluding hydrogens is 304 g/mol. The Morgan fingerprint density at radius 3 is 2.79 bits per heavy atom. The maximum atomic E-state index is 11.2. The number of aromatic hydroxyl groups is 1. The van der Waals surface area contributed by atoms with Gasteiger partial charge in [0.05, 0.1) is 5.56 Å². The first kappa shape index (κ1) is 15.7. The van der Waals surface area contributed by atoms with Crippen molar-refractivity contribution in [3.63, 3.8) is 0 Å². The second-order valence-corrected chi connectivity index (χ2v) is 7.99. The van der Waals surface area contributed by atoms with Crippen LogP contribution in [0.4, 0.5) is 0 Å². The molecule has 128 valence electrons. The average Bonchev–Trinajstić information content (AvgIpc) is 2.91. The molecule has 0 saturated heterocycles. The van der Waals surface area contributed by atoms with Crippen LogP contribution in [0.5, 0.6) is 5.75 Å². The summed E-state index contributed by atoms with van der Waals surface area (Å²) < 4.78 is 5.42. The zero-order chi connectivity index (χ0) is 16.9. The van der Waals surface area contributed by atoms with Crippen molar-refractivity contribution < 1.29 is 19.4 Å². The van der Waals surface area contributed by atoms with E-state index in [0.29, 0.717) is 29.8 Å². The minimum absolute atomic E-state index is 0.0488. The molecule has 3 aliphatic rings. The van der Waals surface area contributed by atoms with Crippen LogP contribution < -0.4 is 0 Å². The molecule has 0 spiro atoms. The van der Waals surface area contributed by atoms with Crippen molar-refractivity contribution in [2.24, 2.45) is 17.3 Å². The molecular formula is C20H24O4. The summed E-state index contributed by atoms with van der Waals surface area (Å²) in [6.45, 7) is 2.90. The summed E-state index contributed by atoms with van der Waals surface area (Å²) in [6, 6.07) is 3.70. The molecule has 2 saturated carbocycles. The van der Waals surface area contributed by atoms with Crippen molar-refractivity contribution in [3.8, 4) is 5.75 Å². The number of ether oxygens (including phenoxy) is 1. The molecule has 4 rings (SSSR count). The van der Waals surface area contributed by atoms with Crippen molar-refractivity contribution in [2.75, 3.05) is 0 Å². The molecule has 4 heteroatoms. The van der Waals surface area contributed by atoms with Crippen molar-refractivity contribution in [2.45, 2.75) is 57.5 Å². The third-order valence-electron chi connectivity index (χ3n) is 7.13. The highest BCUT2D eigenvalue weighted by molar-refractivity contribution is 5.80. The largest absolute Gasteiger partial charge is 0.507 e. The van der Waals surface area contributed by atoms with Gasteiger partial charge in [-0.3, -0.25) is 9.59 Å². The fraction of sp³-hybridized carbons (Fsp3) is 0.600. The van der Waals surface area contributed by atoms with Crippen LogP contribution in [0.25, 0.3) is 0 Å². The van der Waals surface area contributed by atoms with Crippen molar-refractivity contribution in [1.29, 1.82) is 0 Å². The number of carbonyl (C=O) groups excluding carboxylic acids is 2. The van der Waals surface area contributed by atoms with Crippen LogP contribution in [0.3, 0.4) is 0 Å². The standard InChI is InChI=1S/C20H24O4/c1-20-7-6-14-15(17(20)4-5-19(20)24-11-22)3-2-12-9-18(23)13(10-21)8-16(12)14/h8-11,14-15,17,19,23H,2-7H2,1H3/t14-,15+,17-,19-,20-/m0/s1. The highest BCUT2D eigenvalue weighted by atomic mass is 16.5. The van der Waals surface area contributed by atoms with Gasteiger partial charge >= 0.3 is 0 Å². The maximum absolute atomic E-state index is 11.2. The van der Waals surface area contributed by atoms with Gasteiger partial charge in [-0.25, -0.2) is 0 Å². The number of carbonyl (C=O) groups is 2. The van der Waals surface area contributed by atoms with E-state index in [0.717, 1.165) is 44.8 Å². The normalized spacial score (nSPS) is 37.0. The second kappa shape index (κ2) is 5.61. The number of hydrogen-bond donors (Lipinski definition) is 1. The Morgan fingerprint density at radius 2 is 2.04 bits per heavy atom. The van der Waals surface area contributed by atoms with Crippen molar-refractivity contribution in [3.05, 3.63) is 28.8 Å². The van der Waals surface area contributed by atoms with E-state index in [4.69, 9.17) is 4.74 Å². The van der Waals surface area contributed by atoms with Gasteiger partial charge in [0.25, 0.3) is 6.47 Å². The lowest BCUT2D eigenvalue weighted by molar-refractivity contribution is -0.141. The second-order valence-electron chi connectivity index (χ2n) is 7.99. The molecule has 24 heavy (non-hydrogen) atoms. The first-order chi connectivity index (χ1) is 11.6. The van der Waals surface area contributed by atoms with E-state index in [1.54, 1.807) is 6.07 Å². The van der Waals surface area contributed by atoms with E-state index < -0.39 is 0 Å². The number of aryl methyl sites for hydroxylation is 1. The summed E-state index contributed by atoms with van der Waals surface area (Å²) >= 11 is 0. The van der Waals surface area contributed by atoms with E-state index in [1.165, 1.54) is 11.1 Å². The minimum atomic E-state index is 0.0488. The van der Waals surface area contributed by atoms with Gasteiger partial charge in [0.1, 0.15) is 11.9 Å². The van der Waals surface area contributed by atoms with E-state index in [2.05, 4.69) is 6.92 Å². The van der Waals surface area contributed by atoms with Gasteiger partial charge in [0, 0.05) is 5.41 Å². The molecule has 0 bridgehead atoms. The van der Waals surface area contributed by atoms with Gasteiger partial charge < -0.3 is 9.84 Å². The third-order valence-corrected chi connectivity index (χ3v) is 7.13. The van der Waals surface area contributed by atoms with Crippen LogP contribution in [0.15, 0.2) is 12.1 Å². The Morgan fingerprint density at radius 1 is 1.21 bits per heavy atom. The lowest BCUT2D eigenvalue weighted by Gasteiger charge is -2.50. The smallest absolute Gasteiger partial charge is 0.293 e. The van der Waals surface area contributed by atoms with Crippen molar-refractivity contribution >= 4 is 12.8 Å². The molecule has 5 atom stereocenters. The molecule has 0 radical (unpaired) electrons. The fourth-order valence-electron chi connectivity index (χ4n) is 5.96. The highest BCUT2D eigenvalue weighted by Crippen LogP contribution is 2.61. The molecule has 0 aromatic heterocycles. The summed E-state index contributed by atoms with van der Waals surface area (Å²) in [4.78, 5) is 22.1. The zero-order valence-corrected chi connectivity index (χ0v) is 14.0. The summed E-state index contributed by atoms with van der Waals surface area (Å²) in [5.41, 5.74) is 2.94. The van der Waals surface area contributed by atoms with E-state index in [-0.39, 0.29) is 17.3 Å². The number of hydrogen-bond acceptors (Lipinski definition) is 4. The molecule has 4 nitrogen and oxygen atoms in total. The predicted molar refractivity (Wildman–Crippen MR) is 89.0 cm³/mol. The van der Waals surface area contributed by atoms with E-state index >= 15 is 0 Å². The van der Waals surface area contributed by atoms with Crippen LogP contribution in [0, 0.1) is 17.3 Å². The summed E-state index contributed by atoms with van der Waals surface area (Å²) in [6.07, 6.45) is 7.05. The molecule has 0 unspecified atom stereocenters. The minimum Gasteiger partial charge on any atom is -0.507 e. The van der Waals surface area contributed by atoms with Gasteiger partial charge in [0.2, 0.25) is 0 Å². The Balaban J connectivity index is 1.69. The van der Waals surface area contributed by atoms with Crippen LogP contribution >= 0.6 is 0 Å². The summed E-state index contributed by atoms with van der Waals surface area (Å²) in [5.74, 6) is 1.72. The quantitative estimate of drug-likeness (QED) is 0.861. The van der Waals surface area contributed by atoms with E-state index in [1.807, 2.05) is 6.07 Å². The number of phenols is 1. The van der Waals surface area contributed by atoms with Gasteiger partial charge in [-0.2, -0.15) is 0 Å². The van der Waals surface area contributed by atoms with Crippen LogP contribution in [-0.2, 0) is 16.0 Å². The molecule has 0 heterocycles. The van der Waals surface area contributed by atoms with Gasteiger partial charge in [-0.1, -0.05) is 6.92 Å². The number of phenolic OH excluding ortho intramolecular Hbond substituents is 1. The Labute approximate surface area is 142 Å². The zero-order valence-electron chi connectivity index (χ0n) is 14.0.